The quantitative estimate of drug-likeness (QED) is 0.626. The first-order chi connectivity index (χ1) is 10.4. The molecule has 5 nitrogen and oxygen atoms in total. The highest BCUT2D eigenvalue weighted by atomic mass is 16.7. The van der Waals surface area contributed by atoms with E-state index in [2.05, 4.69) is 30.2 Å². The summed E-state index contributed by atoms with van der Waals surface area (Å²) in [4.78, 5) is 14.9. The summed E-state index contributed by atoms with van der Waals surface area (Å²) in [6.45, 7) is 6.25. The normalized spacial score (nSPS) is 22.3. The number of rotatable bonds is 6. The molecule has 2 rings (SSSR count). The third-order valence-electron chi connectivity index (χ3n) is 4.24. The number of carbonyl (C=O) groups is 1. The molecule has 1 unspecified atom stereocenters. The van der Waals surface area contributed by atoms with E-state index in [-0.39, 0.29) is 23.5 Å². The van der Waals surface area contributed by atoms with Crippen LogP contribution >= 0.6 is 0 Å². The second-order valence-corrected chi connectivity index (χ2v) is 6.36. The van der Waals surface area contributed by atoms with Crippen molar-refractivity contribution in [2.75, 3.05) is 14.2 Å². The Balaban J connectivity index is 2.20. The van der Waals surface area contributed by atoms with Crippen LogP contribution in [-0.2, 0) is 9.47 Å². The van der Waals surface area contributed by atoms with Crippen molar-refractivity contribution in [1.82, 2.24) is 10.3 Å². The lowest BCUT2D eigenvalue weighted by Gasteiger charge is -2.21. The molecule has 1 fully saturated rings. The fraction of sp³-hybridized carbons (Fsp3) is 0.588. The number of allylic oxidation sites excluding steroid dienone is 1. The number of nitrogens with one attached hydrogen (secondary N) is 2. The maximum Gasteiger partial charge on any atom is 0.176 e. The largest absolute Gasteiger partial charge is 0.380 e. The molecule has 1 saturated heterocycles. The predicted octanol–water partition coefficient (Wildman–Crippen LogP) is 2.96. The molecule has 0 amide bonds. The second-order valence-electron chi connectivity index (χ2n) is 6.36. The van der Waals surface area contributed by atoms with Gasteiger partial charge in [0, 0.05) is 49.2 Å². The number of H-pyrrole nitrogens is 1. The fourth-order valence-electron chi connectivity index (χ4n) is 2.95. The van der Waals surface area contributed by atoms with Gasteiger partial charge in [-0.25, -0.2) is 0 Å². The van der Waals surface area contributed by atoms with E-state index in [1.807, 2.05) is 13.0 Å². The summed E-state index contributed by atoms with van der Waals surface area (Å²) < 4.78 is 10.7. The summed E-state index contributed by atoms with van der Waals surface area (Å²) in [5.74, 6) is 0.149. The highest BCUT2D eigenvalue weighted by Gasteiger charge is 2.39. The van der Waals surface area contributed by atoms with E-state index in [1.54, 1.807) is 20.4 Å². The first kappa shape index (κ1) is 16.8. The van der Waals surface area contributed by atoms with Crippen molar-refractivity contribution in [2.45, 2.75) is 45.9 Å². The highest BCUT2D eigenvalue weighted by Crippen LogP contribution is 2.38. The first-order valence-electron chi connectivity index (χ1n) is 7.67. The number of ether oxygens (including phenoxy) is 2. The number of aromatic nitrogens is 1. The summed E-state index contributed by atoms with van der Waals surface area (Å²) in [6.07, 6.45) is 5.00. The molecule has 0 aromatic carbocycles. The van der Waals surface area contributed by atoms with Crippen LogP contribution in [0.2, 0.25) is 0 Å². The van der Waals surface area contributed by atoms with Crippen LogP contribution in [0.25, 0.3) is 6.08 Å². The van der Waals surface area contributed by atoms with E-state index in [0.717, 1.165) is 23.4 Å². The zero-order chi connectivity index (χ0) is 16.3. The summed E-state index contributed by atoms with van der Waals surface area (Å²) >= 11 is 0. The van der Waals surface area contributed by atoms with E-state index in [0.29, 0.717) is 6.42 Å². The van der Waals surface area contributed by atoms with Crippen molar-refractivity contribution in [3.63, 3.8) is 0 Å². The van der Waals surface area contributed by atoms with Crippen molar-refractivity contribution < 1.29 is 14.3 Å². The van der Waals surface area contributed by atoms with Gasteiger partial charge in [0.15, 0.2) is 12.1 Å². The Hall–Kier alpha value is -1.59. The van der Waals surface area contributed by atoms with Gasteiger partial charge in [-0.1, -0.05) is 20.8 Å². The first-order valence-corrected chi connectivity index (χ1v) is 7.67. The molecule has 0 saturated carbocycles. The maximum atomic E-state index is 11.7. The molecule has 0 radical (unpaired) electrons. The minimum Gasteiger partial charge on any atom is -0.380 e. The van der Waals surface area contributed by atoms with Gasteiger partial charge in [-0.05, 0) is 18.6 Å². The minimum absolute atomic E-state index is 0.0000151. The third kappa shape index (κ3) is 3.42. The molecule has 22 heavy (non-hydrogen) atoms. The van der Waals surface area contributed by atoms with Crippen LogP contribution in [0.1, 0.15) is 49.7 Å². The van der Waals surface area contributed by atoms with Crippen molar-refractivity contribution in [2.24, 2.45) is 5.41 Å². The summed E-state index contributed by atoms with van der Waals surface area (Å²) in [7, 11) is 3.30. The summed E-state index contributed by atoms with van der Waals surface area (Å²) in [6, 6.07) is 2.01. The van der Waals surface area contributed by atoms with Gasteiger partial charge in [0.1, 0.15) is 0 Å². The Labute approximate surface area is 132 Å². The van der Waals surface area contributed by atoms with Gasteiger partial charge in [0.05, 0.1) is 6.04 Å². The molecule has 1 aromatic heterocycles. The number of aromatic amines is 1. The Morgan fingerprint density at radius 2 is 2.14 bits per heavy atom. The van der Waals surface area contributed by atoms with Crippen LogP contribution in [0.15, 0.2) is 18.0 Å². The molecule has 0 bridgehead atoms. The van der Waals surface area contributed by atoms with Gasteiger partial charge in [0.2, 0.25) is 0 Å². The van der Waals surface area contributed by atoms with Crippen molar-refractivity contribution in [3.8, 4) is 0 Å². The van der Waals surface area contributed by atoms with E-state index in [1.165, 1.54) is 0 Å². The second kappa shape index (κ2) is 6.67. The minimum atomic E-state index is -0.272. The molecular weight excluding hydrogens is 280 g/mol. The molecule has 5 heteroatoms. The lowest BCUT2D eigenvalue weighted by molar-refractivity contribution is -0.120. The van der Waals surface area contributed by atoms with Crippen LogP contribution in [0, 0.1) is 5.41 Å². The van der Waals surface area contributed by atoms with Crippen LogP contribution in [0.3, 0.4) is 0 Å². The topological polar surface area (TPSA) is 63.4 Å². The number of carbonyl (C=O) groups excluding carboxylic acids is 1. The van der Waals surface area contributed by atoms with Gasteiger partial charge in [-0.3, -0.25) is 4.79 Å². The maximum absolute atomic E-state index is 11.7. The molecule has 1 aliphatic heterocycles. The highest BCUT2D eigenvalue weighted by molar-refractivity contribution is 5.96. The predicted molar refractivity (Wildman–Crippen MR) is 86.5 cm³/mol. The lowest BCUT2D eigenvalue weighted by atomic mass is 9.87. The third-order valence-corrected chi connectivity index (χ3v) is 4.24. The molecule has 1 atom stereocenters. The Morgan fingerprint density at radius 3 is 2.73 bits per heavy atom. The Morgan fingerprint density at radius 1 is 1.45 bits per heavy atom. The van der Waals surface area contributed by atoms with Crippen LogP contribution in [-0.4, -0.2) is 37.3 Å². The van der Waals surface area contributed by atoms with Crippen LogP contribution in [0.5, 0.6) is 0 Å². The van der Waals surface area contributed by atoms with Crippen molar-refractivity contribution >= 4 is 11.9 Å². The molecule has 2 N–H and O–H groups in total. The van der Waals surface area contributed by atoms with Gasteiger partial charge >= 0.3 is 0 Å². The number of Topliss-reactive ketones (excluding diaryl/α,β-unsaturated/α-hetero) is 1. The Kier molecular flexibility index (Phi) is 5.08. The number of hydrogen-bond donors (Lipinski definition) is 2. The van der Waals surface area contributed by atoms with Crippen molar-refractivity contribution in [3.05, 3.63) is 29.2 Å². The van der Waals surface area contributed by atoms with Crippen LogP contribution in [0.4, 0.5) is 0 Å². The zero-order valence-electron chi connectivity index (χ0n) is 14.0. The summed E-state index contributed by atoms with van der Waals surface area (Å²) in [5.41, 5.74) is 2.78. The van der Waals surface area contributed by atoms with E-state index in [9.17, 15) is 4.79 Å². The number of hydrogen-bond acceptors (Lipinski definition) is 4. The van der Waals surface area contributed by atoms with E-state index >= 15 is 0 Å². The molecular formula is C17H26N2O3. The average molecular weight is 306 g/mol. The molecule has 1 aliphatic rings. The van der Waals surface area contributed by atoms with Crippen molar-refractivity contribution in [1.29, 1.82) is 0 Å². The van der Waals surface area contributed by atoms with E-state index in [4.69, 9.17) is 9.47 Å². The van der Waals surface area contributed by atoms with Gasteiger partial charge in [-0.2, -0.15) is 0 Å². The number of ketones is 1. The molecule has 2 heterocycles. The molecule has 1 aromatic rings. The van der Waals surface area contributed by atoms with E-state index < -0.39 is 0 Å². The zero-order valence-corrected chi connectivity index (χ0v) is 14.0. The van der Waals surface area contributed by atoms with Gasteiger partial charge < -0.3 is 19.8 Å². The summed E-state index contributed by atoms with van der Waals surface area (Å²) in [5, 5.41) is 3.49. The molecule has 0 aliphatic carbocycles. The smallest absolute Gasteiger partial charge is 0.176 e. The molecule has 0 spiro atoms. The van der Waals surface area contributed by atoms with Crippen LogP contribution < -0.4 is 5.32 Å². The fourth-order valence-corrected chi connectivity index (χ4v) is 2.95. The van der Waals surface area contributed by atoms with Gasteiger partial charge in [0.25, 0.3) is 0 Å². The Bertz CT molecular complexity index is 556. The average Bonchev–Trinajstić information content (AvgIpc) is 3.05. The van der Waals surface area contributed by atoms with Gasteiger partial charge in [-0.15, -0.1) is 0 Å². The monoisotopic (exact) mass is 306 g/mol. The SMILES string of the molecule is CCC(=O)c1c[nH]c(/C=C2\NC(C(OC)OC)CC2(C)C)c1. The number of methoxy groups -OCH3 is 2. The molecule has 122 valence electrons. The lowest BCUT2D eigenvalue weighted by Crippen LogP contribution is -2.36. The standard InChI is InChI=1S/C17H26N2O3/c1-6-14(20)11-7-12(18-10-11)8-15-17(2,3)9-13(19-15)16(21-4)22-5/h7-8,10,13,16,18-19H,6,9H2,1-5H3/b15-8-.